The maximum atomic E-state index is 3.51. The molecule has 1 N–H and O–H groups in total. The van der Waals surface area contributed by atoms with Crippen LogP contribution in [0.5, 0.6) is 0 Å². The lowest BCUT2D eigenvalue weighted by atomic mass is 9.66. The summed E-state index contributed by atoms with van der Waals surface area (Å²) >= 11 is 0. The third-order valence-corrected chi connectivity index (χ3v) is 4.18. The molecule has 0 spiro atoms. The lowest BCUT2D eigenvalue weighted by Gasteiger charge is -2.46. The molecule has 1 unspecified atom stereocenters. The van der Waals surface area contributed by atoms with E-state index in [1.54, 1.807) is 0 Å². The minimum absolute atomic E-state index is 0.692. The summed E-state index contributed by atoms with van der Waals surface area (Å²) in [5.74, 6) is 0. The first-order valence-corrected chi connectivity index (χ1v) is 6.20. The predicted molar refractivity (Wildman–Crippen MR) is 60.5 cm³/mol. The van der Waals surface area contributed by atoms with Crippen LogP contribution in [-0.4, -0.2) is 37.1 Å². The molecule has 2 nitrogen and oxygen atoms in total. The molecule has 0 aromatic heterocycles. The van der Waals surface area contributed by atoms with Crippen molar-refractivity contribution in [1.29, 1.82) is 0 Å². The summed E-state index contributed by atoms with van der Waals surface area (Å²) in [6, 6.07) is 0.692. The van der Waals surface area contributed by atoms with Gasteiger partial charge in [0.15, 0.2) is 0 Å². The highest BCUT2D eigenvalue weighted by Crippen LogP contribution is 2.44. The summed E-state index contributed by atoms with van der Waals surface area (Å²) in [6.45, 7) is 9.71. The van der Waals surface area contributed by atoms with Gasteiger partial charge in [-0.3, -0.25) is 4.90 Å². The first kappa shape index (κ1) is 10.4. The predicted octanol–water partition coefficient (Wildman–Crippen LogP) is 1.86. The second-order valence-corrected chi connectivity index (χ2v) is 5.30. The van der Waals surface area contributed by atoms with E-state index in [2.05, 4.69) is 24.1 Å². The van der Waals surface area contributed by atoms with Gasteiger partial charge in [-0.15, -0.1) is 0 Å². The molecule has 1 aliphatic heterocycles. The van der Waals surface area contributed by atoms with Gasteiger partial charge in [0.25, 0.3) is 0 Å². The molecule has 1 atom stereocenters. The number of piperazine rings is 1. The topological polar surface area (TPSA) is 15.3 Å². The second-order valence-electron chi connectivity index (χ2n) is 5.30. The molecular weight excluding hydrogens is 172 g/mol. The van der Waals surface area contributed by atoms with E-state index >= 15 is 0 Å². The third-order valence-electron chi connectivity index (χ3n) is 4.18. The average molecular weight is 196 g/mol. The van der Waals surface area contributed by atoms with Crippen LogP contribution in [0.3, 0.4) is 0 Å². The molecule has 0 bridgehead atoms. The zero-order chi connectivity index (χ0) is 10.0. The molecule has 0 amide bonds. The van der Waals surface area contributed by atoms with E-state index in [0.717, 1.165) is 0 Å². The molecule has 1 saturated carbocycles. The minimum Gasteiger partial charge on any atom is -0.312 e. The van der Waals surface area contributed by atoms with Gasteiger partial charge in [-0.05, 0) is 31.6 Å². The Morgan fingerprint density at radius 3 is 2.71 bits per heavy atom. The Bertz CT molecular complexity index is 181. The molecule has 1 heterocycles. The molecule has 1 aliphatic carbocycles. The van der Waals surface area contributed by atoms with Crippen molar-refractivity contribution in [2.75, 3.05) is 26.2 Å². The monoisotopic (exact) mass is 196 g/mol. The Labute approximate surface area is 88.1 Å². The first-order chi connectivity index (χ1) is 6.74. The molecule has 2 heteroatoms. The van der Waals surface area contributed by atoms with Crippen LogP contribution in [0.25, 0.3) is 0 Å². The lowest BCUT2D eigenvalue weighted by Crippen LogP contribution is -2.53. The van der Waals surface area contributed by atoms with E-state index in [1.807, 2.05) is 0 Å². The summed E-state index contributed by atoms with van der Waals surface area (Å²) in [4.78, 5) is 2.67. The van der Waals surface area contributed by atoms with E-state index in [1.165, 1.54) is 51.9 Å². The maximum Gasteiger partial charge on any atom is 0.0167 e. The van der Waals surface area contributed by atoms with Crippen LogP contribution >= 0.6 is 0 Å². The smallest absolute Gasteiger partial charge is 0.0167 e. The molecular formula is C12H24N2. The minimum atomic E-state index is 0.692. The Kier molecular flexibility index (Phi) is 3.13. The Hall–Kier alpha value is -0.0800. The Morgan fingerprint density at radius 1 is 1.43 bits per heavy atom. The van der Waals surface area contributed by atoms with Crippen LogP contribution in [0.15, 0.2) is 0 Å². The summed E-state index contributed by atoms with van der Waals surface area (Å²) in [5.41, 5.74) is 0.705. The van der Waals surface area contributed by atoms with Gasteiger partial charge >= 0.3 is 0 Å². The molecule has 14 heavy (non-hydrogen) atoms. The van der Waals surface area contributed by atoms with Crippen LogP contribution in [0, 0.1) is 5.41 Å². The first-order valence-electron chi connectivity index (χ1n) is 6.20. The van der Waals surface area contributed by atoms with E-state index in [0.29, 0.717) is 11.5 Å². The zero-order valence-corrected chi connectivity index (χ0v) is 9.68. The summed E-state index contributed by atoms with van der Waals surface area (Å²) in [6.07, 6.45) is 5.80. The standard InChI is InChI=1S/C12H24N2/c1-3-12(5-4-6-12)10-14-8-7-13-11(2)9-14/h11,13H,3-10H2,1-2H3. The zero-order valence-electron chi connectivity index (χ0n) is 9.68. The van der Waals surface area contributed by atoms with Crippen molar-refractivity contribution in [2.24, 2.45) is 5.41 Å². The average Bonchev–Trinajstić information content (AvgIpc) is 2.11. The van der Waals surface area contributed by atoms with Gasteiger partial charge in [0.2, 0.25) is 0 Å². The molecule has 82 valence electrons. The fraction of sp³-hybridized carbons (Fsp3) is 1.00. The second kappa shape index (κ2) is 4.19. The molecule has 0 aromatic carbocycles. The van der Waals surface area contributed by atoms with Crippen molar-refractivity contribution < 1.29 is 0 Å². The normalized spacial score (nSPS) is 32.6. The van der Waals surface area contributed by atoms with Crippen molar-refractivity contribution >= 4 is 0 Å². The van der Waals surface area contributed by atoms with Gasteiger partial charge in [-0.2, -0.15) is 0 Å². The van der Waals surface area contributed by atoms with Gasteiger partial charge in [0, 0.05) is 32.2 Å². The quantitative estimate of drug-likeness (QED) is 0.741. The van der Waals surface area contributed by atoms with Crippen LogP contribution in [0.1, 0.15) is 39.5 Å². The Morgan fingerprint density at radius 2 is 2.21 bits per heavy atom. The largest absolute Gasteiger partial charge is 0.312 e. The molecule has 2 aliphatic rings. The SMILES string of the molecule is CCC1(CN2CCNC(C)C2)CCC1. The number of rotatable bonds is 3. The van der Waals surface area contributed by atoms with Gasteiger partial charge < -0.3 is 5.32 Å². The van der Waals surface area contributed by atoms with E-state index < -0.39 is 0 Å². The summed E-state index contributed by atoms with van der Waals surface area (Å²) in [5, 5.41) is 3.51. The van der Waals surface area contributed by atoms with Crippen molar-refractivity contribution in [3.05, 3.63) is 0 Å². The molecule has 1 saturated heterocycles. The van der Waals surface area contributed by atoms with Crippen molar-refractivity contribution in [3.8, 4) is 0 Å². The van der Waals surface area contributed by atoms with Crippen molar-refractivity contribution in [2.45, 2.75) is 45.6 Å². The number of nitrogens with zero attached hydrogens (tertiary/aromatic N) is 1. The van der Waals surface area contributed by atoms with Crippen molar-refractivity contribution in [1.82, 2.24) is 10.2 Å². The van der Waals surface area contributed by atoms with Crippen LogP contribution in [0.4, 0.5) is 0 Å². The lowest BCUT2D eigenvalue weighted by molar-refractivity contribution is 0.0497. The summed E-state index contributed by atoms with van der Waals surface area (Å²) < 4.78 is 0. The number of nitrogens with one attached hydrogen (secondary N) is 1. The molecule has 2 fully saturated rings. The van der Waals surface area contributed by atoms with Gasteiger partial charge in [0.05, 0.1) is 0 Å². The van der Waals surface area contributed by atoms with Crippen LogP contribution in [0.2, 0.25) is 0 Å². The highest BCUT2D eigenvalue weighted by atomic mass is 15.2. The fourth-order valence-corrected chi connectivity index (χ4v) is 2.93. The fourth-order valence-electron chi connectivity index (χ4n) is 2.93. The van der Waals surface area contributed by atoms with Crippen LogP contribution in [-0.2, 0) is 0 Å². The third kappa shape index (κ3) is 2.12. The number of hydrogen-bond donors (Lipinski definition) is 1. The van der Waals surface area contributed by atoms with Gasteiger partial charge in [-0.25, -0.2) is 0 Å². The van der Waals surface area contributed by atoms with E-state index in [4.69, 9.17) is 0 Å². The van der Waals surface area contributed by atoms with Crippen LogP contribution < -0.4 is 5.32 Å². The van der Waals surface area contributed by atoms with E-state index in [9.17, 15) is 0 Å². The van der Waals surface area contributed by atoms with Gasteiger partial charge in [-0.1, -0.05) is 13.3 Å². The Balaban J connectivity index is 1.83. The maximum absolute atomic E-state index is 3.51. The number of hydrogen-bond acceptors (Lipinski definition) is 2. The van der Waals surface area contributed by atoms with Gasteiger partial charge in [0.1, 0.15) is 0 Å². The molecule has 0 radical (unpaired) electrons. The van der Waals surface area contributed by atoms with Crippen molar-refractivity contribution in [3.63, 3.8) is 0 Å². The molecule has 0 aromatic rings. The highest BCUT2D eigenvalue weighted by Gasteiger charge is 2.37. The highest BCUT2D eigenvalue weighted by molar-refractivity contribution is 4.90. The molecule has 2 rings (SSSR count). The summed E-state index contributed by atoms with van der Waals surface area (Å²) in [7, 11) is 0. The van der Waals surface area contributed by atoms with E-state index in [-0.39, 0.29) is 0 Å².